The van der Waals surface area contributed by atoms with Gasteiger partial charge in [-0.05, 0) is 41.6 Å². The summed E-state index contributed by atoms with van der Waals surface area (Å²) < 4.78 is 5.83. The van der Waals surface area contributed by atoms with Crippen molar-refractivity contribution in [3.63, 3.8) is 0 Å². The van der Waals surface area contributed by atoms with E-state index in [1.165, 1.54) is 5.56 Å². The molecule has 24 heavy (non-hydrogen) atoms. The van der Waals surface area contributed by atoms with Gasteiger partial charge in [-0.3, -0.25) is 4.79 Å². The lowest BCUT2D eigenvalue weighted by atomic mass is 10.1. The number of morpholine rings is 1. The standard InChI is InChI=1S/C19H20ClNO2S/c1-24-13-14-2-4-16(5-3-14)19(22)21-10-11-23-18(12-21)15-6-8-17(20)9-7-15/h2-9,18H,10-13H2,1H3. The Morgan fingerprint density at radius 3 is 2.58 bits per heavy atom. The number of hydrogen-bond acceptors (Lipinski definition) is 3. The summed E-state index contributed by atoms with van der Waals surface area (Å²) in [6, 6.07) is 15.5. The number of thioether (sulfide) groups is 1. The molecule has 0 N–H and O–H groups in total. The number of ether oxygens (including phenoxy) is 1. The van der Waals surface area contributed by atoms with Crippen LogP contribution in [0.4, 0.5) is 0 Å². The van der Waals surface area contributed by atoms with Gasteiger partial charge in [0.1, 0.15) is 6.10 Å². The molecular weight excluding hydrogens is 342 g/mol. The maximum atomic E-state index is 12.7. The van der Waals surface area contributed by atoms with Gasteiger partial charge in [0.05, 0.1) is 13.2 Å². The average molecular weight is 362 g/mol. The fraction of sp³-hybridized carbons (Fsp3) is 0.316. The van der Waals surface area contributed by atoms with Gasteiger partial charge in [0.25, 0.3) is 5.91 Å². The Kier molecular flexibility index (Phi) is 5.82. The van der Waals surface area contributed by atoms with Gasteiger partial charge < -0.3 is 9.64 Å². The first kappa shape index (κ1) is 17.3. The van der Waals surface area contributed by atoms with Crippen LogP contribution in [0.1, 0.15) is 27.6 Å². The highest BCUT2D eigenvalue weighted by molar-refractivity contribution is 7.97. The molecule has 1 atom stereocenters. The van der Waals surface area contributed by atoms with Gasteiger partial charge in [-0.2, -0.15) is 11.8 Å². The summed E-state index contributed by atoms with van der Waals surface area (Å²) in [5, 5.41) is 0.702. The minimum Gasteiger partial charge on any atom is -0.370 e. The molecule has 1 amide bonds. The van der Waals surface area contributed by atoms with E-state index < -0.39 is 0 Å². The fourth-order valence-corrected chi connectivity index (χ4v) is 3.46. The molecule has 3 nitrogen and oxygen atoms in total. The number of hydrogen-bond donors (Lipinski definition) is 0. The number of amides is 1. The molecule has 1 aliphatic heterocycles. The number of halogens is 1. The molecule has 0 aromatic heterocycles. The number of carbonyl (C=O) groups excluding carboxylic acids is 1. The first-order chi connectivity index (χ1) is 11.7. The van der Waals surface area contributed by atoms with Crippen molar-refractivity contribution >= 4 is 29.3 Å². The SMILES string of the molecule is CSCc1ccc(C(=O)N2CCOC(c3ccc(Cl)cc3)C2)cc1. The summed E-state index contributed by atoms with van der Waals surface area (Å²) in [6.07, 6.45) is 1.97. The highest BCUT2D eigenvalue weighted by Gasteiger charge is 2.26. The van der Waals surface area contributed by atoms with Crippen LogP contribution in [0.25, 0.3) is 0 Å². The van der Waals surface area contributed by atoms with E-state index in [-0.39, 0.29) is 12.0 Å². The van der Waals surface area contributed by atoms with Gasteiger partial charge in [-0.25, -0.2) is 0 Å². The molecule has 126 valence electrons. The minimum absolute atomic E-state index is 0.0629. The minimum atomic E-state index is -0.101. The van der Waals surface area contributed by atoms with Crippen molar-refractivity contribution in [2.24, 2.45) is 0 Å². The van der Waals surface area contributed by atoms with Crippen molar-refractivity contribution in [1.82, 2.24) is 4.90 Å². The first-order valence-electron chi connectivity index (χ1n) is 7.91. The van der Waals surface area contributed by atoms with Crippen molar-refractivity contribution in [2.75, 3.05) is 26.0 Å². The van der Waals surface area contributed by atoms with Crippen LogP contribution in [0.3, 0.4) is 0 Å². The normalized spacial score (nSPS) is 17.8. The Labute approximate surface area is 151 Å². The van der Waals surface area contributed by atoms with Crippen LogP contribution in [-0.2, 0) is 10.5 Å². The molecule has 2 aromatic carbocycles. The monoisotopic (exact) mass is 361 g/mol. The number of benzene rings is 2. The maximum Gasteiger partial charge on any atom is 0.254 e. The van der Waals surface area contributed by atoms with E-state index in [0.717, 1.165) is 16.9 Å². The molecule has 5 heteroatoms. The highest BCUT2D eigenvalue weighted by atomic mass is 35.5. The molecule has 1 saturated heterocycles. The molecule has 1 unspecified atom stereocenters. The molecule has 0 bridgehead atoms. The zero-order valence-corrected chi connectivity index (χ0v) is 15.1. The van der Waals surface area contributed by atoms with Crippen LogP contribution < -0.4 is 0 Å². The van der Waals surface area contributed by atoms with Crippen LogP contribution in [0, 0.1) is 0 Å². The topological polar surface area (TPSA) is 29.5 Å². The van der Waals surface area contributed by atoms with E-state index in [4.69, 9.17) is 16.3 Å². The van der Waals surface area contributed by atoms with E-state index in [2.05, 4.69) is 6.26 Å². The summed E-state index contributed by atoms with van der Waals surface area (Å²) in [6.45, 7) is 1.73. The Bertz CT molecular complexity index is 688. The largest absolute Gasteiger partial charge is 0.370 e. The Morgan fingerprint density at radius 1 is 1.21 bits per heavy atom. The number of carbonyl (C=O) groups is 1. The van der Waals surface area contributed by atoms with Gasteiger partial charge in [0.15, 0.2) is 0 Å². The maximum absolute atomic E-state index is 12.7. The second-order valence-electron chi connectivity index (χ2n) is 5.79. The Hall–Kier alpha value is -1.49. The molecule has 0 saturated carbocycles. The lowest BCUT2D eigenvalue weighted by Crippen LogP contribution is -2.42. The lowest BCUT2D eigenvalue weighted by Gasteiger charge is -2.33. The predicted octanol–water partition coefficient (Wildman–Crippen LogP) is 4.42. The molecule has 1 heterocycles. The number of rotatable bonds is 4. The van der Waals surface area contributed by atoms with E-state index in [0.29, 0.717) is 24.7 Å². The van der Waals surface area contributed by atoms with Gasteiger partial charge >= 0.3 is 0 Å². The van der Waals surface area contributed by atoms with Gasteiger partial charge in [-0.15, -0.1) is 0 Å². The summed E-state index contributed by atoms with van der Waals surface area (Å²) in [7, 11) is 0. The molecule has 0 radical (unpaired) electrons. The van der Waals surface area contributed by atoms with Crippen LogP contribution in [0.2, 0.25) is 5.02 Å². The summed E-state index contributed by atoms with van der Waals surface area (Å²) >= 11 is 7.71. The molecule has 2 aromatic rings. The zero-order chi connectivity index (χ0) is 16.9. The molecule has 0 spiro atoms. The third-order valence-corrected chi connectivity index (χ3v) is 4.98. The van der Waals surface area contributed by atoms with Gasteiger partial charge in [-0.1, -0.05) is 35.9 Å². The van der Waals surface area contributed by atoms with Crippen molar-refractivity contribution in [1.29, 1.82) is 0 Å². The summed E-state index contributed by atoms with van der Waals surface area (Å²) in [5.41, 5.74) is 3.02. The van der Waals surface area contributed by atoms with Crippen LogP contribution in [0.15, 0.2) is 48.5 Å². The van der Waals surface area contributed by atoms with Crippen molar-refractivity contribution in [3.8, 4) is 0 Å². The number of nitrogens with zero attached hydrogens (tertiary/aromatic N) is 1. The molecule has 1 aliphatic rings. The van der Waals surface area contributed by atoms with E-state index in [9.17, 15) is 4.79 Å². The first-order valence-corrected chi connectivity index (χ1v) is 9.69. The summed E-state index contributed by atoms with van der Waals surface area (Å²) in [5.74, 6) is 1.03. The summed E-state index contributed by atoms with van der Waals surface area (Å²) in [4.78, 5) is 14.6. The third-order valence-electron chi connectivity index (χ3n) is 4.11. The molecular formula is C19H20ClNO2S. The zero-order valence-electron chi connectivity index (χ0n) is 13.6. The van der Waals surface area contributed by atoms with Crippen LogP contribution >= 0.6 is 23.4 Å². The second-order valence-corrected chi connectivity index (χ2v) is 7.09. The average Bonchev–Trinajstić information content (AvgIpc) is 2.63. The fourth-order valence-electron chi connectivity index (χ4n) is 2.81. The van der Waals surface area contributed by atoms with Crippen molar-refractivity contribution in [2.45, 2.75) is 11.9 Å². The highest BCUT2D eigenvalue weighted by Crippen LogP contribution is 2.24. The second kappa shape index (κ2) is 8.06. The molecule has 1 fully saturated rings. The van der Waals surface area contributed by atoms with Gasteiger partial charge in [0, 0.05) is 22.9 Å². The predicted molar refractivity (Wildman–Crippen MR) is 99.7 cm³/mol. The van der Waals surface area contributed by atoms with E-state index in [1.807, 2.05) is 53.4 Å². The third kappa shape index (κ3) is 4.12. The molecule has 3 rings (SSSR count). The quantitative estimate of drug-likeness (QED) is 0.807. The van der Waals surface area contributed by atoms with Crippen LogP contribution in [0.5, 0.6) is 0 Å². The van der Waals surface area contributed by atoms with Gasteiger partial charge in [0.2, 0.25) is 0 Å². The lowest BCUT2D eigenvalue weighted by molar-refractivity contribution is -0.0228. The molecule has 0 aliphatic carbocycles. The Morgan fingerprint density at radius 2 is 1.92 bits per heavy atom. The van der Waals surface area contributed by atoms with Crippen molar-refractivity contribution in [3.05, 3.63) is 70.2 Å². The smallest absolute Gasteiger partial charge is 0.254 e. The van der Waals surface area contributed by atoms with E-state index in [1.54, 1.807) is 11.8 Å². The van der Waals surface area contributed by atoms with E-state index >= 15 is 0 Å². The van der Waals surface area contributed by atoms with Crippen molar-refractivity contribution < 1.29 is 9.53 Å². The van der Waals surface area contributed by atoms with Crippen LogP contribution in [-0.4, -0.2) is 36.8 Å². The Balaban J connectivity index is 1.69.